The number of halogens is 1. The normalized spacial score (nSPS) is 14.9. The van der Waals surface area contributed by atoms with Gasteiger partial charge in [-0.15, -0.1) is 5.10 Å². The zero-order chi connectivity index (χ0) is 20.5. The molecule has 4 aromatic heterocycles. The van der Waals surface area contributed by atoms with E-state index in [4.69, 9.17) is 0 Å². The molecule has 5 rings (SSSR count). The van der Waals surface area contributed by atoms with Gasteiger partial charge in [0.1, 0.15) is 12.1 Å². The van der Waals surface area contributed by atoms with Crippen molar-refractivity contribution in [1.82, 2.24) is 29.5 Å². The predicted octanol–water partition coefficient (Wildman–Crippen LogP) is 3.11. The standard InChI is InChI=1S/C21H21FN8/c1-14-11-19(25-13-24-14)29-9-6-16(7-10-29)26-21-27-20-17(3-2-8-30(20)28-21)15-4-5-18(22)23-12-15/h2-5,8,11-13,16H,6-7,9-10H2,1H3,(H,26,28). The Kier molecular flexibility index (Phi) is 4.70. The van der Waals surface area contributed by atoms with E-state index in [2.05, 4.69) is 35.3 Å². The Bertz CT molecular complexity index is 1170. The van der Waals surface area contributed by atoms with Crippen LogP contribution >= 0.6 is 0 Å². The molecule has 0 atom stereocenters. The SMILES string of the molecule is Cc1cc(N2CCC(Nc3nc4c(-c5ccc(F)nc5)cccn4n3)CC2)ncn1. The molecule has 4 aromatic rings. The van der Waals surface area contributed by atoms with Gasteiger partial charge in [-0.2, -0.15) is 9.37 Å². The van der Waals surface area contributed by atoms with Crippen LogP contribution in [0.25, 0.3) is 16.8 Å². The fraction of sp³-hybridized carbons (Fsp3) is 0.286. The maximum absolute atomic E-state index is 13.2. The van der Waals surface area contributed by atoms with E-state index in [0.717, 1.165) is 48.6 Å². The minimum atomic E-state index is -0.502. The van der Waals surface area contributed by atoms with Crippen LogP contribution in [0.5, 0.6) is 0 Å². The third-order valence-corrected chi connectivity index (χ3v) is 5.34. The molecule has 1 N–H and O–H groups in total. The van der Waals surface area contributed by atoms with Crippen molar-refractivity contribution in [2.24, 2.45) is 0 Å². The molecule has 1 aliphatic rings. The molecule has 0 bridgehead atoms. The molecule has 8 nitrogen and oxygen atoms in total. The summed E-state index contributed by atoms with van der Waals surface area (Å²) in [4.78, 5) is 19.3. The van der Waals surface area contributed by atoms with Crippen molar-refractivity contribution in [2.45, 2.75) is 25.8 Å². The van der Waals surface area contributed by atoms with Crippen LogP contribution in [0.15, 0.2) is 49.1 Å². The Morgan fingerprint density at radius 3 is 2.73 bits per heavy atom. The molecule has 0 radical (unpaired) electrons. The number of anilines is 2. The summed E-state index contributed by atoms with van der Waals surface area (Å²) in [5.74, 6) is 1.07. The molecule has 152 valence electrons. The number of fused-ring (bicyclic) bond motifs is 1. The predicted molar refractivity (Wildman–Crippen MR) is 112 cm³/mol. The van der Waals surface area contributed by atoms with Crippen molar-refractivity contribution in [3.63, 3.8) is 0 Å². The third kappa shape index (κ3) is 3.66. The van der Waals surface area contributed by atoms with Gasteiger partial charge in [0, 0.05) is 54.4 Å². The number of rotatable bonds is 4. The Morgan fingerprint density at radius 1 is 1.10 bits per heavy atom. The molecule has 5 heterocycles. The molecule has 0 unspecified atom stereocenters. The smallest absolute Gasteiger partial charge is 0.243 e. The number of aromatic nitrogens is 6. The summed E-state index contributed by atoms with van der Waals surface area (Å²) in [6, 6.07) is 9.18. The Labute approximate surface area is 172 Å². The second-order valence-electron chi connectivity index (χ2n) is 7.42. The maximum Gasteiger partial charge on any atom is 0.243 e. The van der Waals surface area contributed by atoms with Gasteiger partial charge in [-0.25, -0.2) is 19.5 Å². The lowest BCUT2D eigenvalue weighted by molar-refractivity contribution is 0.520. The molecule has 9 heteroatoms. The summed E-state index contributed by atoms with van der Waals surface area (Å²) in [5.41, 5.74) is 3.34. The second kappa shape index (κ2) is 7.66. The first-order chi connectivity index (χ1) is 14.7. The van der Waals surface area contributed by atoms with Crippen LogP contribution in [0.3, 0.4) is 0 Å². The zero-order valence-electron chi connectivity index (χ0n) is 16.5. The van der Waals surface area contributed by atoms with E-state index in [1.165, 1.54) is 12.3 Å². The topological polar surface area (TPSA) is 84.1 Å². The van der Waals surface area contributed by atoms with Gasteiger partial charge in [-0.1, -0.05) is 0 Å². The van der Waals surface area contributed by atoms with Gasteiger partial charge in [0.2, 0.25) is 11.9 Å². The average Bonchev–Trinajstić information content (AvgIpc) is 3.17. The van der Waals surface area contributed by atoms with Crippen molar-refractivity contribution >= 4 is 17.4 Å². The van der Waals surface area contributed by atoms with E-state index in [1.807, 2.05) is 31.3 Å². The number of nitrogens with one attached hydrogen (secondary N) is 1. The number of aryl methyl sites for hydroxylation is 1. The number of piperidine rings is 1. The highest BCUT2D eigenvalue weighted by molar-refractivity contribution is 5.77. The van der Waals surface area contributed by atoms with Crippen LogP contribution in [0.4, 0.5) is 16.2 Å². The van der Waals surface area contributed by atoms with Gasteiger partial charge in [0.15, 0.2) is 5.65 Å². The highest BCUT2D eigenvalue weighted by Gasteiger charge is 2.21. The van der Waals surface area contributed by atoms with E-state index in [0.29, 0.717) is 11.6 Å². The largest absolute Gasteiger partial charge is 0.356 e. The fourth-order valence-electron chi connectivity index (χ4n) is 3.78. The summed E-state index contributed by atoms with van der Waals surface area (Å²) < 4.78 is 14.9. The van der Waals surface area contributed by atoms with E-state index in [-0.39, 0.29) is 6.04 Å². The molecule has 0 saturated carbocycles. The quantitative estimate of drug-likeness (QED) is 0.523. The minimum absolute atomic E-state index is 0.289. The molecular formula is C21H21FN8. The fourth-order valence-corrected chi connectivity index (χ4v) is 3.78. The summed E-state index contributed by atoms with van der Waals surface area (Å²) in [6.45, 7) is 3.80. The molecule has 0 aliphatic carbocycles. The Hall–Kier alpha value is -3.62. The Balaban J connectivity index is 1.31. The van der Waals surface area contributed by atoms with E-state index < -0.39 is 5.95 Å². The first-order valence-corrected chi connectivity index (χ1v) is 9.93. The lowest BCUT2D eigenvalue weighted by atomic mass is 10.1. The lowest BCUT2D eigenvalue weighted by Crippen LogP contribution is -2.39. The molecule has 1 aliphatic heterocycles. The van der Waals surface area contributed by atoms with Gasteiger partial charge >= 0.3 is 0 Å². The monoisotopic (exact) mass is 404 g/mol. The van der Waals surface area contributed by atoms with Crippen LogP contribution in [-0.2, 0) is 0 Å². The van der Waals surface area contributed by atoms with Crippen molar-refractivity contribution in [3.05, 3.63) is 60.7 Å². The van der Waals surface area contributed by atoms with E-state index >= 15 is 0 Å². The summed E-state index contributed by atoms with van der Waals surface area (Å²) in [7, 11) is 0. The maximum atomic E-state index is 13.2. The van der Waals surface area contributed by atoms with Crippen LogP contribution < -0.4 is 10.2 Å². The van der Waals surface area contributed by atoms with Gasteiger partial charge in [0.25, 0.3) is 0 Å². The summed E-state index contributed by atoms with van der Waals surface area (Å²) >= 11 is 0. The first-order valence-electron chi connectivity index (χ1n) is 9.93. The molecule has 30 heavy (non-hydrogen) atoms. The van der Waals surface area contributed by atoms with Gasteiger partial charge in [-0.3, -0.25) is 0 Å². The molecular weight excluding hydrogens is 383 g/mol. The van der Waals surface area contributed by atoms with Gasteiger partial charge in [-0.05, 0) is 44.0 Å². The molecule has 0 aromatic carbocycles. The molecule has 0 spiro atoms. The average molecular weight is 404 g/mol. The van der Waals surface area contributed by atoms with Crippen LogP contribution in [-0.4, -0.2) is 48.7 Å². The second-order valence-corrected chi connectivity index (χ2v) is 7.42. The highest BCUT2D eigenvalue weighted by Crippen LogP contribution is 2.25. The highest BCUT2D eigenvalue weighted by atomic mass is 19.1. The number of hydrogen-bond acceptors (Lipinski definition) is 7. The van der Waals surface area contributed by atoms with Crippen LogP contribution in [0, 0.1) is 12.9 Å². The number of pyridine rings is 2. The molecule has 1 saturated heterocycles. The zero-order valence-corrected chi connectivity index (χ0v) is 16.5. The minimum Gasteiger partial charge on any atom is -0.356 e. The van der Waals surface area contributed by atoms with E-state index in [9.17, 15) is 4.39 Å². The molecule has 0 amide bonds. The van der Waals surface area contributed by atoms with Crippen molar-refractivity contribution in [3.8, 4) is 11.1 Å². The van der Waals surface area contributed by atoms with Crippen molar-refractivity contribution < 1.29 is 4.39 Å². The van der Waals surface area contributed by atoms with Crippen LogP contribution in [0.2, 0.25) is 0 Å². The van der Waals surface area contributed by atoms with Crippen LogP contribution in [0.1, 0.15) is 18.5 Å². The number of nitrogens with zero attached hydrogens (tertiary/aromatic N) is 7. The number of hydrogen-bond donors (Lipinski definition) is 1. The third-order valence-electron chi connectivity index (χ3n) is 5.34. The summed E-state index contributed by atoms with van der Waals surface area (Å²) in [5, 5.41) is 8.03. The Morgan fingerprint density at radius 2 is 1.97 bits per heavy atom. The van der Waals surface area contributed by atoms with E-state index in [1.54, 1.807) is 16.9 Å². The van der Waals surface area contributed by atoms with Gasteiger partial charge in [0.05, 0.1) is 0 Å². The van der Waals surface area contributed by atoms with Crippen molar-refractivity contribution in [2.75, 3.05) is 23.3 Å². The molecule has 1 fully saturated rings. The van der Waals surface area contributed by atoms with Gasteiger partial charge < -0.3 is 10.2 Å². The first kappa shape index (κ1) is 18.4. The summed E-state index contributed by atoms with van der Waals surface area (Å²) in [6.07, 6.45) is 6.91. The lowest BCUT2D eigenvalue weighted by Gasteiger charge is -2.32. The van der Waals surface area contributed by atoms with Crippen molar-refractivity contribution in [1.29, 1.82) is 0 Å².